The smallest absolute Gasteiger partial charge is 0.408 e. The Morgan fingerprint density at radius 3 is 2.36 bits per heavy atom. The van der Waals surface area contributed by atoms with Crippen LogP contribution in [0.15, 0.2) is 0 Å². The zero-order valence-corrected chi connectivity index (χ0v) is 8.92. The Hall–Kier alpha value is -1.06. The lowest BCUT2D eigenvalue weighted by molar-refractivity contribution is -0.119. The summed E-state index contributed by atoms with van der Waals surface area (Å²) in [4.78, 5) is 22.3. The summed E-state index contributed by atoms with van der Waals surface area (Å²) in [5.74, 6) is 0.292. The lowest BCUT2D eigenvalue weighted by Gasteiger charge is -2.19. The van der Waals surface area contributed by atoms with E-state index in [2.05, 4.69) is 5.32 Å². The van der Waals surface area contributed by atoms with Crippen LogP contribution in [0.4, 0.5) is 4.79 Å². The van der Waals surface area contributed by atoms with Gasteiger partial charge in [-0.3, -0.25) is 4.79 Å². The van der Waals surface area contributed by atoms with Crippen LogP contribution in [-0.4, -0.2) is 24.0 Å². The maximum Gasteiger partial charge on any atom is 0.408 e. The minimum absolute atomic E-state index is 0.0968. The van der Waals surface area contributed by atoms with Gasteiger partial charge in [0.2, 0.25) is 0 Å². The number of hydrogen-bond acceptors (Lipinski definition) is 3. The average Bonchev–Trinajstić information content (AvgIpc) is 2.78. The fourth-order valence-corrected chi connectivity index (χ4v) is 1.02. The molecule has 0 bridgehead atoms. The summed E-state index contributed by atoms with van der Waals surface area (Å²) in [5.41, 5.74) is -0.507. The molecule has 0 aliphatic heterocycles. The van der Waals surface area contributed by atoms with E-state index in [1.165, 1.54) is 0 Å². The molecule has 14 heavy (non-hydrogen) atoms. The topological polar surface area (TPSA) is 55.4 Å². The zero-order chi connectivity index (χ0) is 10.8. The van der Waals surface area contributed by atoms with E-state index in [-0.39, 0.29) is 18.2 Å². The van der Waals surface area contributed by atoms with Gasteiger partial charge in [-0.1, -0.05) is 0 Å². The van der Waals surface area contributed by atoms with Crippen LogP contribution in [0.3, 0.4) is 0 Å². The van der Waals surface area contributed by atoms with Gasteiger partial charge in [0.15, 0.2) is 5.78 Å². The van der Waals surface area contributed by atoms with Crippen LogP contribution in [0.2, 0.25) is 0 Å². The molecule has 0 heterocycles. The Morgan fingerprint density at radius 2 is 1.93 bits per heavy atom. The lowest BCUT2D eigenvalue weighted by Crippen LogP contribution is -2.35. The molecule has 4 nitrogen and oxygen atoms in total. The highest BCUT2D eigenvalue weighted by atomic mass is 16.6. The highest BCUT2D eigenvalue weighted by molar-refractivity contribution is 5.87. The molecular weight excluding hydrogens is 182 g/mol. The minimum Gasteiger partial charge on any atom is -0.444 e. The molecule has 0 unspecified atom stereocenters. The molecule has 1 fully saturated rings. The van der Waals surface area contributed by atoms with Gasteiger partial charge >= 0.3 is 6.09 Å². The lowest BCUT2D eigenvalue weighted by atomic mass is 10.2. The van der Waals surface area contributed by atoms with E-state index in [1.807, 2.05) is 0 Å². The monoisotopic (exact) mass is 199 g/mol. The molecule has 0 aromatic rings. The van der Waals surface area contributed by atoms with Crippen LogP contribution in [-0.2, 0) is 9.53 Å². The highest BCUT2D eigenvalue weighted by Gasteiger charge is 2.29. The molecule has 0 aromatic carbocycles. The number of rotatable bonds is 3. The molecule has 1 saturated carbocycles. The van der Waals surface area contributed by atoms with E-state index < -0.39 is 11.7 Å². The summed E-state index contributed by atoms with van der Waals surface area (Å²) in [6.45, 7) is 5.46. The molecule has 4 heteroatoms. The molecule has 0 spiro atoms. The van der Waals surface area contributed by atoms with Gasteiger partial charge in [0, 0.05) is 5.92 Å². The number of ether oxygens (including phenoxy) is 1. The van der Waals surface area contributed by atoms with Gasteiger partial charge in [-0.2, -0.15) is 0 Å². The summed E-state index contributed by atoms with van der Waals surface area (Å²) < 4.78 is 4.99. The Bertz CT molecular complexity index is 238. The van der Waals surface area contributed by atoms with Gasteiger partial charge in [0.1, 0.15) is 5.60 Å². The SMILES string of the molecule is CC(C)(C)OC(=O)NCC(=O)C1CC1. The summed E-state index contributed by atoms with van der Waals surface area (Å²) in [7, 11) is 0. The molecule has 0 saturated heterocycles. The predicted octanol–water partition coefficient (Wildman–Crippen LogP) is 1.49. The van der Waals surface area contributed by atoms with Crippen molar-refractivity contribution >= 4 is 11.9 Å². The third kappa shape index (κ3) is 4.25. The van der Waals surface area contributed by atoms with Gasteiger partial charge in [-0.25, -0.2) is 4.79 Å². The van der Waals surface area contributed by atoms with E-state index in [0.29, 0.717) is 0 Å². The van der Waals surface area contributed by atoms with E-state index >= 15 is 0 Å². The maximum absolute atomic E-state index is 11.2. The third-order valence-corrected chi connectivity index (χ3v) is 1.84. The van der Waals surface area contributed by atoms with Crippen molar-refractivity contribution in [2.45, 2.75) is 39.2 Å². The molecule has 0 atom stereocenters. The second-order valence-corrected chi connectivity index (χ2v) is 4.60. The molecule has 1 aliphatic carbocycles. The molecule has 0 aromatic heterocycles. The van der Waals surface area contributed by atoms with Crippen molar-refractivity contribution < 1.29 is 14.3 Å². The van der Waals surface area contributed by atoms with E-state index in [4.69, 9.17) is 4.74 Å². The summed E-state index contributed by atoms with van der Waals surface area (Å²) in [5, 5.41) is 2.45. The first kappa shape index (κ1) is 11.0. The number of Topliss-reactive ketones (excluding diaryl/α,β-unsaturated/α-hetero) is 1. The molecule has 1 N–H and O–H groups in total. The number of ketones is 1. The summed E-state index contributed by atoms with van der Waals surface area (Å²) in [6, 6.07) is 0. The van der Waals surface area contributed by atoms with E-state index in [1.54, 1.807) is 20.8 Å². The Morgan fingerprint density at radius 1 is 1.36 bits per heavy atom. The van der Waals surface area contributed by atoms with E-state index in [9.17, 15) is 9.59 Å². The molecular formula is C10H17NO3. The summed E-state index contributed by atoms with van der Waals surface area (Å²) >= 11 is 0. The normalized spacial score (nSPS) is 16.2. The van der Waals surface area contributed by atoms with Crippen LogP contribution in [0.25, 0.3) is 0 Å². The number of alkyl carbamates (subject to hydrolysis) is 1. The largest absolute Gasteiger partial charge is 0.444 e. The van der Waals surface area contributed by atoms with Gasteiger partial charge in [0.25, 0.3) is 0 Å². The average molecular weight is 199 g/mol. The van der Waals surface area contributed by atoms with Crippen molar-refractivity contribution in [2.75, 3.05) is 6.54 Å². The van der Waals surface area contributed by atoms with E-state index in [0.717, 1.165) is 12.8 Å². The first-order valence-corrected chi connectivity index (χ1v) is 4.88. The van der Waals surface area contributed by atoms with Crippen molar-refractivity contribution in [3.8, 4) is 0 Å². The Labute approximate surface area is 84.0 Å². The molecule has 0 radical (unpaired) electrons. The molecule has 80 valence electrons. The Balaban J connectivity index is 2.17. The standard InChI is InChI=1S/C10H17NO3/c1-10(2,3)14-9(13)11-6-8(12)7-4-5-7/h7H,4-6H2,1-3H3,(H,11,13). The number of hydrogen-bond donors (Lipinski definition) is 1. The highest BCUT2D eigenvalue weighted by Crippen LogP contribution is 2.29. The van der Waals surface area contributed by atoms with Crippen LogP contribution >= 0.6 is 0 Å². The number of amides is 1. The van der Waals surface area contributed by atoms with Crippen molar-refractivity contribution in [1.29, 1.82) is 0 Å². The molecule has 1 rings (SSSR count). The van der Waals surface area contributed by atoms with Gasteiger partial charge < -0.3 is 10.1 Å². The predicted molar refractivity (Wildman–Crippen MR) is 52.0 cm³/mol. The van der Waals surface area contributed by atoms with Crippen molar-refractivity contribution in [3.63, 3.8) is 0 Å². The maximum atomic E-state index is 11.2. The quantitative estimate of drug-likeness (QED) is 0.749. The fourth-order valence-electron chi connectivity index (χ4n) is 1.02. The van der Waals surface area contributed by atoms with Crippen molar-refractivity contribution in [1.82, 2.24) is 5.32 Å². The van der Waals surface area contributed by atoms with Crippen LogP contribution in [0, 0.1) is 5.92 Å². The van der Waals surface area contributed by atoms with Gasteiger partial charge in [-0.05, 0) is 33.6 Å². The van der Waals surface area contributed by atoms with Crippen molar-refractivity contribution in [3.05, 3.63) is 0 Å². The third-order valence-electron chi connectivity index (χ3n) is 1.84. The molecule has 1 amide bonds. The fraction of sp³-hybridized carbons (Fsp3) is 0.800. The van der Waals surface area contributed by atoms with Gasteiger partial charge in [0.05, 0.1) is 6.54 Å². The van der Waals surface area contributed by atoms with Crippen molar-refractivity contribution in [2.24, 2.45) is 5.92 Å². The number of carbonyl (C=O) groups excluding carboxylic acids is 2. The first-order chi connectivity index (χ1) is 6.38. The second-order valence-electron chi connectivity index (χ2n) is 4.60. The number of carbonyl (C=O) groups is 2. The zero-order valence-electron chi connectivity index (χ0n) is 8.92. The molecule has 1 aliphatic rings. The summed E-state index contributed by atoms with van der Waals surface area (Å²) in [6.07, 6.45) is 1.41. The van der Waals surface area contributed by atoms with Crippen LogP contribution in [0.5, 0.6) is 0 Å². The Kier molecular flexibility index (Phi) is 3.13. The minimum atomic E-state index is -0.522. The first-order valence-electron chi connectivity index (χ1n) is 4.88. The van der Waals surface area contributed by atoms with Gasteiger partial charge in [-0.15, -0.1) is 0 Å². The van der Waals surface area contributed by atoms with Crippen LogP contribution in [0.1, 0.15) is 33.6 Å². The van der Waals surface area contributed by atoms with Crippen LogP contribution < -0.4 is 5.32 Å². The number of nitrogens with one attached hydrogen (secondary N) is 1. The second kappa shape index (κ2) is 3.98.